The second-order valence-corrected chi connectivity index (χ2v) is 7.87. The van der Waals surface area contributed by atoms with Crippen LogP contribution in [0, 0.1) is 13.8 Å². The third-order valence-electron chi connectivity index (χ3n) is 3.60. The van der Waals surface area contributed by atoms with E-state index < -0.39 is 0 Å². The fraction of sp³-hybridized carbons (Fsp3) is 0.222. The first-order valence-corrected chi connectivity index (χ1v) is 9.49. The van der Waals surface area contributed by atoms with Crippen molar-refractivity contribution in [2.24, 2.45) is 0 Å². The maximum Gasteiger partial charge on any atom is 0.226 e. The van der Waals surface area contributed by atoms with Gasteiger partial charge in [0.25, 0.3) is 0 Å². The van der Waals surface area contributed by atoms with E-state index in [1.807, 2.05) is 43.5 Å². The first-order chi connectivity index (χ1) is 12.0. The Morgan fingerprint density at radius 2 is 2.00 bits per heavy atom. The van der Waals surface area contributed by atoms with E-state index in [2.05, 4.69) is 15.3 Å². The summed E-state index contributed by atoms with van der Waals surface area (Å²) in [6.07, 6.45) is 2.04. The van der Waals surface area contributed by atoms with Gasteiger partial charge in [-0.05, 0) is 32.0 Å². The molecule has 0 unspecified atom stereocenters. The fourth-order valence-corrected chi connectivity index (χ4v) is 4.08. The number of nitrogens with one attached hydrogen (secondary N) is 1. The van der Waals surface area contributed by atoms with Crippen molar-refractivity contribution in [2.75, 3.05) is 5.32 Å². The van der Waals surface area contributed by atoms with Crippen molar-refractivity contribution < 1.29 is 9.59 Å². The number of hydrogen-bond acceptors (Lipinski definition) is 6. The molecule has 0 saturated carbocycles. The zero-order chi connectivity index (χ0) is 17.8. The van der Waals surface area contributed by atoms with E-state index in [1.165, 1.54) is 11.3 Å². The van der Waals surface area contributed by atoms with Crippen LogP contribution in [0.1, 0.15) is 33.0 Å². The molecule has 25 heavy (non-hydrogen) atoms. The average molecular weight is 371 g/mol. The average Bonchev–Trinajstić information content (AvgIpc) is 3.19. The van der Waals surface area contributed by atoms with Gasteiger partial charge in [-0.15, -0.1) is 22.7 Å². The summed E-state index contributed by atoms with van der Waals surface area (Å²) in [5.41, 5.74) is 2.21. The number of thiophene rings is 1. The molecular weight excluding hydrogens is 354 g/mol. The number of pyridine rings is 1. The lowest BCUT2D eigenvalue weighted by atomic mass is 10.1. The Bertz CT molecular complexity index is 900. The summed E-state index contributed by atoms with van der Waals surface area (Å²) in [6, 6.07) is 7.48. The number of aryl methyl sites for hydroxylation is 2. The quantitative estimate of drug-likeness (QED) is 0.648. The molecule has 5 nitrogen and oxygen atoms in total. The van der Waals surface area contributed by atoms with Crippen molar-refractivity contribution in [3.05, 3.63) is 51.2 Å². The van der Waals surface area contributed by atoms with Crippen molar-refractivity contribution in [2.45, 2.75) is 26.7 Å². The Labute approximate surface area is 153 Å². The van der Waals surface area contributed by atoms with E-state index in [4.69, 9.17) is 0 Å². The molecule has 1 amide bonds. The normalized spacial score (nSPS) is 10.6. The first-order valence-electron chi connectivity index (χ1n) is 7.80. The maximum atomic E-state index is 12.2. The Morgan fingerprint density at radius 3 is 2.68 bits per heavy atom. The molecular formula is C18H17N3O2S2. The molecule has 0 atom stereocenters. The topological polar surface area (TPSA) is 72.0 Å². The number of thiazole rings is 1. The van der Waals surface area contributed by atoms with Crippen LogP contribution in [0.2, 0.25) is 0 Å². The fourth-order valence-electron chi connectivity index (χ4n) is 2.41. The van der Waals surface area contributed by atoms with Crippen LogP contribution in [0.15, 0.2) is 35.8 Å². The highest BCUT2D eigenvalue weighted by atomic mass is 32.1. The minimum absolute atomic E-state index is 0.00492. The van der Waals surface area contributed by atoms with Crippen LogP contribution in [-0.4, -0.2) is 21.7 Å². The van der Waals surface area contributed by atoms with Gasteiger partial charge < -0.3 is 5.32 Å². The van der Waals surface area contributed by atoms with Gasteiger partial charge in [0.05, 0.1) is 5.69 Å². The number of rotatable bonds is 6. The molecule has 0 saturated heterocycles. The Balaban J connectivity index is 1.55. The van der Waals surface area contributed by atoms with E-state index in [-0.39, 0.29) is 24.5 Å². The lowest BCUT2D eigenvalue weighted by Gasteiger charge is -2.02. The molecule has 1 N–H and O–H groups in total. The number of ketones is 1. The molecule has 3 heterocycles. The molecule has 3 aromatic heterocycles. The smallest absolute Gasteiger partial charge is 0.226 e. The number of Topliss-reactive ketones (excluding diaryl/α,β-unsaturated/α-hetero) is 1. The number of amides is 1. The molecule has 0 fully saturated rings. The summed E-state index contributed by atoms with van der Waals surface area (Å²) >= 11 is 2.94. The molecule has 3 aromatic rings. The van der Waals surface area contributed by atoms with Gasteiger partial charge in [-0.1, -0.05) is 6.07 Å². The summed E-state index contributed by atoms with van der Waals surface area (Å²) in [6.45, 7) is 3.91. The van der Waals surface area contributed by atoms with E-state index in [1.54, 1.807) is 17.5 Å². The molecule has 0 aliphatic rings. The number of carbonyl (C=O) groups is 2. The predicted octanol–water partition coefficient (Wildman–Crippen LogP) is 4.49. The monoisotopic (exact) mass is 371 g/mol. The van der Waals surface area contributed by atoms with Crippen LogP contribution in [0.3, 0.4) is 0 Å². The van der Waals surface area contributed by atoms with Gasteiger partial charge in [-0.3, -0.25) is 14.6 Å². The third-order valence-corrected chi connectivity index (χ3v) is 5.32. The molecule has 128 valence electrons. The summed E-state index contributed by atoms with van der Waals surface area (Å²) in [7, 11) is 0. The lowest BCUT2D eigenvalue weighted by Crippen LogP contribution is -2.13. The number of anilines is 1. The van der Waals surface area contributed by atoms with Crippen LogP contribution in [-0.2, 0) is 4.79 Å². The van der Waals surface area contributed by atoms with Gasteiger partial charge in [-0.2, -0.15) is 0 Å². The number of nitrogens with zero attached hydrogens (tertiary/aromatic N) is 2. The molecule has 0 aliphatic heterocycles. The van der Waals surface area contributed by atoms with Gasteiger partial charge in [0.2, 0.25) is 5.91 Å². The van der Waals surface area contributed by atoms with Crippen molar-refractivity contribution in [3.8, 4) is 11.4 Å². The number of hydrogen-bond donors (Lipinski definition) is 1. The van der Waals surface area contributed by atoms with Crippen molar-refractivity contribution in [1.29, 1.82) is 0 Å². The highest BCUT2D eigenvalue weighted by molar-refractivity contribution is 7.14. The first kappa shape index (κ1) is 17.4. The van der Waals surface area contributed by atoms with Gasteiger partial charge in [0.15, 0.2) is 10.9 Å². The summed E-state index contributed by atoms with van der Waals surface area (Å²) in [5.74, 6) is -0.204. The number of carbonyl (C=O) groups excluding carboxylic acids is 2. The SMILES string of the molecule is Cc1cc(C(=O)CCC(=O)Nc2nc(-c3ccccn3)cs2)c(C)s1. The Morgan fingerprint density at radius 1 is 1.16 bits per heavy atom. The highest BCUT2D eigenvalue weighted by Gasteiger charge is 2.15. The van der Waals surface area contributed by atoms with Gasteiger partial charge >= 0.3 is 0 Å². The zero-order valence-corrected chi connectivity index (χ0v) is 15.5. The predicted molar refractivity (Wildman–Crippen MR) is 101 cm³/mol. The molecule has 0 aromatic carbocycles. The van der Waals surface area contributed by atoms with Crippen LogP contribution < -0.4 is 5.32 Å². The molecule has 0 spiro atoms. The summed E-state index contributed by atoms with van der Waals surface area (Å²) in [5, 5.41) is 5.11. The van der Waals surface area contributed by atoms with Crippen LogP contribution in [0.25, 0.3) is 11.4 Å². The van der Waals surface area contributed by atoms with E-state index >= 15 is 0 Å². The Kier molecular flexibility index (Phi) is 5.35. The molecule has 7 heteroatoms. The number of aromatic nitrogens is 2. The van der Waals surface area contributed by atoms with Gasteiger partial charge in [-0.25, -0.2) is 4.98 Å². The molecule has 0 radical (unpaired) electrons. The van der Waals surface area contributed by atoms with Crippen molar-refractivity contribution in [3.63, 3.8) is 0 Å². The maximum absolute atomic E-state index is 12.2. The second kappa shape index (κ2) is 7.67. The van der Waals surface area contributed by atoms with E-state index in [0.717, 1.165) is 26.7 Å². The minimum atomic E-state index is -0.208. The van der Waals surface area contributed by atoms with E-state index in [9.17, 15) is 9.59 Å². The van der Waals surface area contributed by atoms with Crippen LogP contribution >= 0.6 is 22.7 Å². The summed E-state index contributed by atoms with van der Waals surface area (Å²) in [4.78, 5) is 35.0. The molecule has 3 rings (SSSR count). The third kappa shape index (κ3) is 4.37. The largest absolute Gasteiger partial charge is 0.302 e. The van der Waals surface area contributed by atoms with Gasteiger partial charge in [0.1, 0.15) is 5.69 Å². The second-order valence-electron chi connectivity index (χ2n) is 5.55. The van der Waals surface area contributed by atoms with Gasteiger partial charge in [0, 0.05) is 39.7 Å². The highest BCUT2D eigenvalue weighted by Crippen LogP contribution is 2.24. The standard InChI is InChI=1S/C18H17N3O2S2/c1-11-9-13(12(2)25-11)16(22)6-7-17(23)21-18-20-15(10-24-18)14-5-3-4-8-19-14/h3-5,8-10H,6-7H2,1-2H3,(H,20,21,23). The Hall–Kier alpha value is -2.38. The van der Waals surface area contributed by atoms with Crippen LogP contribution in [0.5, 0.6) is 0 Å². The zero-order valence-electron chi connectivity index (χ0n) is 13.9. The molecule has 0 aliphatic carbocycles. The van der Waals surface area contributed by atoms with E-state index in [0.29, 0.717) is 5.13 Å². The van der Waals surface area contributed by atoms with Crippen LogP contribution in [0.4, 0.5) is 5.13 Å². The van der Waals surface area contributed by atoms with Crippen molar-refractivity contribution >= 4 is 39.5 Å². The molecule has 0 bridgehead atoms. The summed E-state index contributed by atoms with van der Waals surface area (Å²) < 4.78 is 0. The van der Waals surface area contributed by atoms with Crippen molar-refractivity contribution in [1.82, 2.24) is 9.97 Å². The lowest BCUT2D eigenvalue weighted by molar-refractivity contribution is -0.116. The minimum Gasteiger partial charge on any atom is -0.302 e.